The van der Waals surface area contributed by atoms with Crippen LogP contribution in [0, 0.1) is 10.8 Å². The van der Waals surface area contributed by atoms with Crippen LogP contribution in [0.5, 0.6) is 5.88 Å². The van der Waals surface area contributed by atoms with Crippen LogP contribution in [0.4, 0.5) is 0 Å². The van der Waals surface area contributed by atoms with E-state index in [0.29, 0.717) is 16.8 Å². The van der Waals surface area contributed by atoms with Gasteiger partial charge >= 0.3 is 0 Å². The van der Waals surface area contributed by atoms with Crippen LogP contribution in [0.1, 0.15) is 31.2 Å². The summed E-state index contributed by atoms with van der Waals surface area (Å²) in [6, 6.07) is 5.91. The number of nitrogens with two attached hydrogens (primary N) is 1. The fourth-order valence-corrected chi connectivity index (χ4v) is 3.81. The van der Waals surface area contributed by atoms with Crippen LogP contribution in [0.2, 0.25) is 0 Å². The zero-order chi connectivity index (χ0) is 19.9. The van der Waals surface area contributed by atoms with Crippen molar-refractivity contribution in [1.29, 1.82) is 10.8 Å². The first kappa shape index (κ1) is 20.0. The molecule has 1 aliphatic carbocycles. The number of thioether (sulfide) groups is 1. The molecule has 7 nitrogen and oxygen atoms in total. The third-order valence-corrected chi connectivity index (χ3v) is 5.34. The molecule has 2 aromatic heterocycles. The number of nitrogens with zero attached hydrogens (tertiary/aromatic N) is 2. The van der Waals surface area contributed by atoms with E-state index in [1.54, 1.807) is 12.4 Å². The molecule has 0 saturated heterocycles. The van der Waals surface area contributed by atoms with Crippen molar-refractivity contribution >= 4 is 34.4 Å². The Morgan fingerprint density at radius 3 is 2.82 bits per heavy atom. The highest BCUT2D eigenvalue weighted by Gasteiger charge is 2.18. The summed E-state index contributed by atoms with van der Waals surface area (Å²) in [5.74, 6) is 0.967. The molecular formula is C20H24N6OS. The van der Waals surface area contributed by atoms with E-state index in [1.165, 1.54) is 24.6 Å². The summed E-state index contributed by atoms with van der Waals surface area (Å²) >= 11 is 1.32. The van der Waals surface area contributed by atoms with Gasteiger partial charge in [-0.15, -0.1) is 0 Å². The number of benzene rings is 1. The quantitative estimate of drug-likeness (QED) is 0.292. The topological polar surface area (TPSA) is 125 Å². The maximum absolute atomic E-state index is 8.12. The molecule has 4 rings (SSSR count). The monoisotopic (exact) mass is 396 g/mol. The molecule has 1 aromatic carbocycles. The lowest BCUT2D eigenvalue weighted by molar-refractivity contribution is 0.201. The van der Waals surface area contributed by atoms with Crippen LogP contribution in [-0.2, 0) is 0 Å². The summed E-state index contributed by atoms with van der Waals surface area (Å²) in [5.41, 5.74) is 9.11. The van der Waals surface area contributed by atoms with Crippen molar-refractivity contribution in [2.45, 2.75) is 31.8 Å². The third-order valence-electron chi connectivity index (χ3n) is 4.65. The predicted octanol–water partition coefficient (Wildman–Crippen LogP) is 4.19. The second-order valence-electron chi connectivity index (χ2n) is 6.37. The van der Waals surface area contributed by atoms with Gasteiger partial charge in [0.1, 0.15) is 6.10 Å². The Morgan fingerprint density at radius 1 is 1.29 bits per heavy atom. The first-order valence-electron chi connectivity index (χ1n) is 9.12. The zero-order valence-electron chi connectivity index (χ0n) is 15.6. The summed E-state index contributed by atoms with van der Waals surface area (Å²) < 4.78 is 5.98. The number of rotatable bonds is 5. The van der Waals surface area contributed by atoms with Gasteiger partial charge in [0.05, 0.1) is 23.1 Å². The van der Waals surface area contributed by atoms with Gasteiger partial charge in [0.2, 0.25) is 5.88 Å². The minimum atomic E-state index is 0.253. The second-order valence-corrected chi connectivity index (χ2v) is 7.40. The molecule has 0 spiro atoms. The largest absolute Gasteiger partial charge is 0.473 e. The number of fused-ring (bicyclic) bond motifs is 1. The highest BCUT2D eigenvalue weighted by atomic mass is 32.2. The summed E-state index contributed by atoms with van der Waals surface area (Å²) in [6.45, 7) is 2.50. The predicted molar refractivity (Wildman–Crippen MR) is 116 cm³/mol. The first-order chi connectivity index (χ1) is 13.7. The number of ether oxygens (including phenoxy) is 1. The smallest absolute Gasteiger partial charge is 0.233 e. The molecule has 146 valence electrons. The average Bonchev–Trinajstić information content (AvgIpc) is 3.39. The lowest BCUT2D eigenvalue weighted by atomic mass is 10.1. The number of hydrogen-bond acceptors (Lipinski definition) is 7. The molecule has 1 aliphatic rings. The molecule has 0 bridgehead atoms. The van der Waals surface area contributed by atoms with Gasteiger partial charge in [-0.2, -0.15) is 0 Å². The lowest BCUT2D eigenvalue weighted by Gasteiger charge is -2.12. The van der Waals surface area contributed by atoms with Crippen molar-refractivity contribution in [1.82, 2.24) is 15.0 Å². The Labute approximate surface area is 168 Å². The zero-order valence-corrected chi connectivity index (χ0v) is 16.4. The van der Waals surface area contributed by atoms with E-state index in [4.69, 9.17) is 21.3 Å². The summed E-state index contributed by atoms with van der Waals surface area (Å²) in [6.07, 6.45) is 10.2. The van der Waals surface area contributed by atoms with E-state index >= 15 is 0 Å². The summed E-state index contributed by atoms with van der Waals surface area (Å²) in [4.78, 5) is 12.2. The lowest BCUT2D eigenvalue weighted by Crippen LogP contribution is -2.12. The molecule has 5 N–H and O–H groups in total. The molecule has 3 aromatic rings. The van der Waals surface area contributed by atoms with E-state index in [1.807, 2.05) is 24.4 Å². The molecule has 0 unspecified atom stereocenters. The maximum Gasteiger partial charge on any atom is 0.233 e. The highest BCUT2D eigenvalue weighted by Crippen LogP contribution is 2.30. The van der Waals surface area contributed by atoms with Crippen molar-refractivity contribution in [3.63, 3.8) is 0 Å². The molecule has 28 heavy (non-hydrogen) atoms. The molecule has 0 amide bonds. The van der Waals surface area contributed by atoms with E-state index in [-0.39, 0.29) is 6.10 Å². The Kier molecular flexibility index (Phi) is 6.78. The average molecular weight is 397 g/mol. The minimum Gasteiger partial charge on any atom is -0.473 e. The third kappa shape index (κ3) is 4.40. The van der Waals surface area contributed by atoms with Crippen LogP contribution >= 0.6 is 11.8 Å². The fourth-order valence-electron chi connectivity index (χ4n) is 3.35. The maximum atomic E-state index is 8.12. The van der Waals surface area contributed by atoms with Crippen molar-refractivity contribution in [2.75, 3.05) is 5.88 Å². The van der Waals surface area contributed by atoms with E-state index in [2.05, 4.69) is 21.7 Å². The number of nitrogens with one attached hydrogen (secondary N) is 3. The molecule has 0 atom stereocenters. The van der Waals surface area contributed by atoms with Gasteiger partial charge in [-0.25, -0.2) is 4.98 Å². The van der Waals surface area contributed by atoms with Crippen LogP contribution in [0.15, 0.2) is 36.8 Å². The molecule has 1 saturated carbocycles. The molecule has 8 heteroatoms. The van der Waals surface area contributed by atoms with E-state index < -0.39 is 0 Å². The Bertz CT molecular complexity index is 951. The summed E-state index contributed by atoms with van der Waals surface area (Å²) in [5, 5.41) is 15.1. The molecule has 0 aliphatic heterocycles. The van der Waals surface area contributed by atoms with Crippen LogP contribution in [0.25, 0.3) is 22.2 Å². The number of H-pyrrole nitrogens is 1. The van der Waals surface area contributed by atoms with Crippen molar-refractivity contribution in [2.24, 2.45) is 5.73 Å². The van der Waals surface area contributed by atoms with Gasteiger partial charge in [0.15, 0.2) is 0 Å². The van der Waals surface area contributed by atoms with Gasteiger partial charge in [-0.3, -0.25) is 10.4 Å². The van der Waals surface area contributed by atoms with Gasteiger partial charge in [-0.05, 0) is 44.5 Å². The fraction of sp³-hybridized carbons (Fsp3) is 0.300. The molecule has 1 fully saturated rings. The number of aromatic nitrogens is 3. The van der Waals surface area contributed by atoms with Gasteiger partial charge in [0, 0.05) is 34.1 Å². The highest BCUT2D eigenvalue weighted by molar-refractivity contribution is 8.14. The molecule has 2 heterocycles. The van der Waals surface area contributed by atoms with Crippen molar-refractivity contribution < 1.29 is 4.74 Å². The molecule has 0 radical (unpaired) electrons. The van der Waals surface area contributed by atoms with Gasteiger partial charge in [-0.1, -0.05) is 17.8 Å². The van der Waals surface area contributed by atoms with E-state index in [9.17, 15) is 0 Å². The van der Waals surface area contributed by atoms with Gasteiger partial charge in [0.25, 0.3) is 0 Å². The van der Waals surface area contributed by atoms with Crippen molar-refractivity contribution in [3.05, 3.63) is 42.4 Å². The first-order valence-corrected chi connectivity index (χ1v) is 10.1. The number of aromatic amines is 1. The Hall–Kier alpha value is -2.71. The Morgan fingerprint density at radius 2 is 2.07 bits per heavy atom. The van der Waals surface area contributed by atoms with E-state index in [0.717, 1.165) is 40.6 Å². The standard InChI is InChI=1S/C19H21N5OS.CH3N/c20-11-26-19(21)12-5-6-16-14(7-12)15(8-23-16)17-9-22-10-18(24-17)25-13-3-1-2-4-13;1-2/h5-10,13,21,23H,1-4,11,20H2;2H,1H2. The number of hydrogen-bond donors (Lipinski definition) is 4. The SMILES string of the molecule is C=N.N=C(SCN)c1ccc2[nH]cc(-c3cncc(OC4CCCC4)n3)c2c1. The van der Waals surface area contributed by atoms with Gasteiger partial charge < -0.3 is 20.9 Å². The summed E-state index contributed by atoms with van der Waals surface area (Å²) in [7, 11) is 0. The Balaban J connectivity index is 0.00000109. The van der Waals surface area contributed by atoms with Crippen molar-refractivity contribution in [3.8, 4) is 17.1 Å². The van der Waals surface area contributed by atoms with Crippen LogP contribution in [-0.4, -0.2) is 38.7 Å². The normalized spacial score (nSPS) is 13.9. The van der Waals surface area contributed by atoms with Crippen LogP contribution in [0.3, 0.4) is 0 Å². The minimum absolute atomic E-state index is 0.253. The van der Waals surface area contributed by atoms with Crippen LogP contribution < -0.4 is 10.5 Å². The molecular weight excluding hydrogens is 372 g/mol. The second kappa shape index (κ2) is 9.48.